The molecule has 1 fully saturated rings. The minimum absolute atomic E-state index is 0.156. The largest absolute Gasteiger partial charge is 0.279 e. The molecule has 0 amide bonds. The third-order valence-electron chi connectivity index (χ3n) is 2.63. The van der Waals surface area contributed by atoms with Crippen LogP contribution in [0.15, 0.2) is 17.5 Å². The fourth-order valence-corrected chi connectivity index (χ4v) is 3.54. The monoisotopic (exact) mass is 260 g/mol. The highest BCUT2D eigenvalue weighted by Crippen LogP contribution is 2.27. The van der Waals surface area contributed by atoms with Gasteiger partial charge in [0.2, 0.25) is 0 Å². The summed E-state index contributed by atoms with van der Waals surface area (Å²) in [6.45, 7) is 5.82. The summed E-state index contributed by atoms with van der Waals surface area (Å²) >= 11 is 1.66. The Morgan fingerprint density at radius 1 is 1.50 bits per heavy atom. The average molecular weight is 260 g/mol. The van der Waals surface area contributed by atoms with Crippen molar-refractivity contribution in [1.29, 1.82) is 0 Å². The Bertz CT molecular complexity index is 447. The van der Waals surface area contributed by atoms with E-state index in [1.807, 2.05) is 31.4 Å². The second-order valence-electron chi connectivity index (χ2n) is 4.59. The van der Waals surface area contributed by atoms with Gasteiger partial charge in [-0.25, -0.2) is 4.72 Å². The van der Waals surface area contributed by atoms with E-state index in [9.17, 15) is 8.42 Å². The average Bonchev–Trinajstić information content (AvgIpc) is 2.92. The van der Waals surface area contributed by atoms with E-state index in [4.69, 9.17) is 0 Å². The fraction of sp³-hybridized carbons (Fsp3) is 0.600. The van der Waals surface area contributed by atoms with Crippen molar-refractivity contribution in [3.63, 3.8) is 0 Å². The van der Waals surface area contributed by atoms with E-state index in [-0.39, 0.29) is 5.41 Å². The minimum Gasteiger partial charge on any atom is -0.201 e. The van der Waals surface area contributed by atoms with Crippen LogP contribution in [-0.4, -0.2) is 32.4 Å². The van der Waals surface area contributed by atoms with Crippen molar-refractivity contribution in [3.8, 4) is 0 Å². The number of rotatable bonds is 5. The lowest BCUT2D eigenvalue weighted by atomic mass is 9.92. The maximum absolute atomic E-state index is 11.6. The molecule has 0 aliphatic carbocycles. The summed E-state index contributed by atoms with van der Waals surface area (Å²) in [6.07, 6.45) is 0. The number of hydrogen-bond donors (Lipinski definition) is 1. The van der Waals surface area contributed by atoms with Crippen LogP contribution in [0.1, 0.15) is 18.7 Å². The fourth-order valence-electron chi connectivity index (χ4n) is 1.39. The molecule has 0 radical (unpaired) electrons. The lowest BCUT2D eigenvalue weighted by Crippen LogP contribution is -2.39. The topological polar surface area (TPSA) is 49.2 Å². The molecule has 1 aliphatic heterocycles. The lowest BCUT2D eigenvalue weighted by molar-refractivity contribution is 0.495. The molecule has 6 heteroatoms. The van der Waals surface area contributed by atoms with Crippen LogP contribution in [0.4, 0.5) is 0 Å². The molecule has 16 heavy (non-hydrogen) atoms. The first-order chi connectivity index (χ1) is 7.42. The van der Waals surface area contributed by atoms with E-state index < -0.39 is 10.2 Å². The van der Waals surface area contributed by atoms with Gasteiger partial charge >= 0.3 is 0 Å². The lowest BCUT2D eigenvalue weighted by Gasteiger charge is -2.23. The van der Waals surface area contributed by atoms with Gasteiger partial charge in [0.1, 0.15) is 0 Å². The van der Waals surface area contributed by atoms with Crippen LogP contribution in [0.25, 0.3) is 0 Å². The van der Waals surface area contributed by atoms with E-state index in [0.717, 1.165) is 0 Å². The molecule has 2 rings (SSSR count). The molecular formula is C10H16N2O2S2. The molecule has 0 unspecified atom stereocenters. The molecule has 1 N–H and O–H groups in total. The van der Waals surface area contributed by atoms with Gasteiger partial charge in [0.25, 0.3) is 10.2 Å². The Morgan fingerprint density at radius 2 is 2.19 bits per heavy atom. The van der Waals surface area contributed by atoms with E-state index in [2.05, 4.69) is 4.72 Å². The van der Waals surface area contributed by atoms with Crippen LogP contribution in [0.5, 0.6) is 0 Å². The summed E-state index contributed by atoms with van der Waals surface area (Å²) in [7, 11) is -3.22. The van der Waals surface area contributed by atoms with Crippen LogP contribution >= 0.6 is 11.3 Å². The van der Waals surface area contributed by atoms with E-state index >= 15 is 0 Å². The second-order valence-corrected chi connectivity index (χ2v) is 7.29. The molecule has 1 aromatic rings. The summed E-state index contributed by atoms with van der Waals surface area (Å²) in [5.74, 6) is 0. The molecule has 90 valence electrons. The standard InChI is InChI=1S/C10H16N2O2S2/c1-10(2,9-4-3-7-15-9)8-11-16(13,14)12-5-6-12/h3-4,7,11H,5-6,8H2,1-2H3. The maximum Gasteiger partial charge on any atom is 0.279 e. The summed E-state index contributed by atoms with van der Waals surface area (Å²) in [5.41, 5.74) is -0.156. The zero-order chi connectivity index (χ0) is 11.8. The normalized spacial score (nSPS) is 17.6. The van der Waals surface area contributed by atoms with Gasteiger partial charge in [0.15, 0.2) is 0 Å². The number of nitrogens with zero attached hydrogens (tertiary/aromatic N) is 1. The van der Waals surface area contributed by atoms with Gasteiger partial charge in [-0.3, -0.25) is 0 Å². The summed E-state index contributed by atoms with van der Waals surface area (Å²) in [4.78, 5) is 1.20. The summed E-state index contributed by atoms with van der Waals surface area (Å²) in [5, 5.41) is 2.01. The molecule has 1 aliphatic rings. The minimum atomic E-state index is -3.22. The van der Waals surface area contributed by atoms with Gasteiger partial charge < -0.3 is 0 Å². The van der Waals surface area contributed by atoms with Crippen LogP contribution in [0.2, 0.25) is 0 Å². The Hall–Kier alpha value is -0.430. The van der Waals surface area contributed by atoms with Crippen molar-refractivity contribution in [1.82, 2.24) is 9.03 Å². The molecular weight excluding hydrogens is 244 g/mol. The Kier molecular flexibility index (Phi) is 3.09. The van der Waals surface area contributed by atoms with Crippen molar-refractivity contribution in [3.05, 3.63) is 22.4 Å². The summed E-state index contributed by atoms with van der Waals surface area (Å²) < 4.78 is 27.3. The van der Waals surface area contributed by atoms with Gasteiger partial charge in [-0.1, -0.05) is 19.9 Å². The Balaban J connectivity index is 1.99. The van der Waals surface area contributed by atoms with Gasteiger partial charge in [-0.2, -0.15) is 12.7 Å². The number of nitrogens with one attached hydrogen (secondary N) is 1. The van der Waals surface area contributed by atoms with Gasteiger partial charge in [-0.05, 0) is 11.4 Å². The first-order valence-electron chi connectivity index (χ1n) is 5.20. The maximum atomic E-state index is 11.6. The Morgan fingerprint density at radius 3 is 2.69 bits per heavy atom. The first-order valence-corrected chi connectivity index (χ1v) is 7.52. The van der Waals surface area contributed by atoms with E-state index in [1.54, 1.807) is 11.3 Å². The number of hydrogen-bond acceptors (Lipinski definition) is 3. The van der Waals surface area contributed by atoms with Crippen molar-refractivity contribution in [2.24, 2.45) is 0 Å². The predicted molar refractivity (Wildman–Crippen MR) is 65.8 cm³/mol. The van der Waals surface area contributed by atoms with E-state index in [0.29, 0.717) is 19.6 Å². The van der Waals surface area contributed by atoms with E-state index in [1.165, 1.54) is 9.18 Å². The quantitative estimate of drug-likeness (QED) is 0.808. The molecule has 0 saturated carbocycles. The van der Waals surface area contributed by atoms with Crippen molar-refractivity contribution < 1.29 is 8.42 Å². The molecule has 2 heterocycles. The highest BCUT2D eigenvalue weighted by atomic mass is 32.2. The first kappa shape index (κ1) is 12.0. The van der Waals surface area contributed by atoms with Crippen LogP contribution < -0.4 is 4.72 Å². The van der Waals surface area contributed by atoms with Crippen LogP contribution in [-0.2, 0) is 15.6 Å². The number of thiophene rings is 1. The van der Waals surface area contributed by atoms with Crippen molar-refractivity contribution in [2.45, 2.75) is 19.3 Å². The molecule has 4 nitrogen and oxygen atoms in total. The zero-order valence-corrected chi connectivity index (χ0v) is 11.1. The van der Waals surface area contributed by atoms with Crippen molar-refractivity contribution in [2.75, 3.05) is 19.6 Å². The summed E-state index contributed by atoms with van der Waals surface area (Å²) in [6, 6.07) is 4.02. The molecule has 1 saturated heterocycles. The third-order valence-corrected chi connectivity index (χ3v) is 5.42. The van der Waals surface area contributed by atoms with Gasteiger partial charge in [-0.15, -0.1) is 11.3 Å². The zero-order valence-electron chi connectivity index (χ0n) is 9.43. The molecule has 0 bridgehead atoms. The molecule has 0 atom stereocenters. The van der Waals surface area contributed by atoms with Crippen LogP contribution in [0.3, 0.4) is 0 Å². The third kappa shape index (κ3) is 2.63. The predicted octanol–water partition coefficient (Wildman–Crippen LogP) is 1.18. The highest BCUT2D eigenvalue weighted by Gasteiger charge is 2.33. The Labute approximate surface area is 100 Å². The van der Waals surface area contributed by atoms with Gasteiger partial charge in [0, 0.05) is 29.9 Å². The van der Waals surface area contributed by atoms with Gasteiger partial charge in [0.05, 0.1) is 0 Å². The SMILES string of the molecule is CC(C)(CNS(=O)(=O)N1CC1)c1cccs1. The molecule has 1 aromatic heterocycles. The molecule has 0 spiro atoms. The second kappa shape index (κ2) is 4.10. The van der Waals surface area contributed by atoms with Crippen molar-refractivity contribution >= 4 is 21.5 Å². The smallest absolute Gasteiger partial charge is 0.201 e. The highest BCUT2D eigenvalue weighted by molar-refractivity contribution is 7.87. The molecule has 0 aromatic carbocycles. The van der Waals surface area contributed by atoms with Crippen LogP contribution in [0, 0.1) is 0 Å².